The van der Waals surface area contributed by atoms with Crippen molar-refractivity contribution in [2.75, 3.05) is 6.54 Å². The monoisotopic (exact) mass is 291 g/mol. The van der Waals surface area contributed by atoms with E-state index < -0.39 is 0 Å². The van der Waals surface area contributed by atoms with E-state index in [-0.39, 0.29) is 0 Å². The van der Waals surface area contributed by atoms with Gasteiger partial charge in [0.15, 0.2) is 0 Å². The number of halogens is 1. The predicted octanol–water partition coefficient (Wildman–Crippen LogP) is 4.99. The average Bonchev–Trinajstić information content (AvgIpc) is 2.44. The summed E-state index contributed by atoms with van der Waals surface area (Å²) in [4.78, 5) is 2.37. The van der Waals surface area contributed by atoms with Crippen LogP contribution in [0, 0.1) is 0 Å². The first kappa shape index (κ1) is 14.4. The van der Waals surface area contributed by atoms with Gasteiger partial charge in [-0.05, 0) is 36.7 Å². The molecule has 0 radical (unpaired) electrons. The second-order valence-corrected chi connectivity index (χ2v) is 5.81. The molecule has 0 bridgehead atoms. The van der Waals surface area contributed by atoms with E-state index >= 15 is 0 Å². The molecule has 0 heterocycles. The highest BCUT2D eigenvalue weighted by Crippen LogP contribution is 2.35. The Morgan fingerprint density at radius 1 is 1.05 bits per heavy atom. The van der Waals surface area contributed by atoms with Gasteiger partial charge < -0.3 is 5.32 Å². The normalized spacial score (nSPS) is 10.6. The van der Waals surface area contributed by atoms with Gasteiger partial charge in [0.1, 0.15) is 0 Å². The van der Waals surface area contributed by atoms with Crippen molar-refractivity contribution in [2.45, 2.75) is 29.7 Å². The van der Waals surface area contributed by atoms with Gasteiger partial charge in [0, 0.05) is 16.3 Å². The fourth-order valence-electron chi connectivity index (χ4n) is 1.81. The van der Waals surface area contributed by atoms with E-state index in [1.807, 2.05) is 30.3 Å². The van der Waals surface area contributed by atoms with Crippen molar-refractivity contribution in [3.8, 4) is 0 Å². The summed E-state index contributed by atoms with van der Waals surface area (Å²) in [5.74, 6) is 0. The van der Waals surface area contributed by atoms with Gasteiger partial charge in [0.2, 0.25) is 0 Å². The highest BCUT2D eigenvalue weighted by Gasteiger charge is 2.08. The molecule has 1 nitrogen and oxygen atoms in total. The molecule has 0 unspecified atom stereocenters. The van der Waals surface area contributed by atoms with Crippen molar-refractivity contribution in [1.29, 1.82) is 0 Å². The largest absolute Gasteiger partial charge is 0.313 e. The molecule has 0 aliphatic carbocycles. The molecule has 0 amide bonds. The lowest BCUT2D eigenvalue weighted by molar-refractivity contribution is 0.669. The standard InChI is InChI=1S/C16H18ClNS/c1-2-11-18-12-13-7-6-10-15(17)16(13)19-14-8-4-3-5-9-14/h3-10,18H,2,11-12H2,1H3. The molecule has 1 N–H and O–H groups in total. The Labute approximate surface area is 124 Å². The second kappa shape index (κ2) is 7.59. The summed E-state index contributed by atoms with van der Waals surface area (Å²) >= 11 is 8.07. The molecule has 0 aliphatic heterocycles. The fourth-order valence-corrected chi connectivity index (χ4v) is 3.09. The smallest absolute Gasteiger partial charge is 0.0548 e. The molecule has 19 heavy (non-hydrogen) atoms. The zero-order valence-electron chi connectivity index (χ0n) is 11.0. The Bertz CT molecular complexity index is 513. The van der Waals surface area contributed by atoms with E-state index in [9.17, 15) is 0 Å². The molecule has 2 rings (SSSR count). The maximum absolute atomic E-state index is 6.34. The lowest BCUT2D eigenvalue weighted by Crippen LogP contribution is -2.14. The van der Waals surface area contributed by atoms with Gasteiger partial charge in [-0.3, -0.25) is 0 Å². The lowest BCUT2D eigenvalue weighted by atomic mass is 10.2. The molecule has 0 aromatic heterocycles. The molecule has 0 spiro atoms. The summed E-state index contributed by atoms with van der Waals surface area (Å²) in [6.07, 6.45) is 1.14. The summed E-state index contributed by atoms with van der Waals surface area (Å²) in [6.45, 7) is 4.07. The average molecular weight is 292 g/mol. The van der Waals surface area contributed by atoms with Crippen LogP contribution >= 0.6 is 23.4 Å². The third-order valence-corrected chi connectivity index (χ3v) is 4.37. The molecule has 2 aromatic carbocycles. The molecule has 100 valence electrons. The molecule has 3 heteroatoms. The quantitative estimate of drug-likeness (QED) is 0.753. The van der Waals surface area contributed by atoms with Crippen LogP contribution in [0.2, 0.25) is 5.02 Å². The Kier molecular flexibility index (Phi) is 5.77. The summed E-state index contributed by atoms with van der Waals surface area (Å²) < 4.78 is 0. The number of hydrogen-bond donors (Lipinski definition) is 1. The Hall–Kier alpha value is -0.960. The predicted molar refractivity (Wildman–Crippen MR) is 84.0 cm³/mol. The van der Waals surface area contributed by atoms with Crippen LogP contribution in [0.5, 0.6) is 0 Å². The first-order valence-electron chi connectivity index (χ1n) is 6.52. The van der Waals surface area contributed by atoms with Crippen molar-refractivity contribution < 1.29 is 0 Å². The highest BCUT2D eigenvalue weighted by atomic mass is 35.5. The van der Waals surface area contributed by atoms with Gasteiger partial charge in [0.25, 0.3) is 0 Å². The molecule has 0 saturated carbocycles. The molecule has 0 aliphatic rings. The minimum atomic E-state index is 0.824. The summed E-state index contributed by atoms with van der Waals surface area (Å²) in [7, 11) is 0. The third-order valence-electron chi connectivity index (χ3n) is 2.75. The topological polar surface area (TPSA) is 12.0 Å². The highest BCUT2D eigenvalue weighted by molar-refractivity contribution is 7.99. The minimum absolute atomic E-state index is 0.824. The van der Waals surface area contributed by atoms with Crippen molar-refractivity contribution >= 4 is 23.4 Å². The molecule has 2 aromatic rings. The van der Waals surface area contributed by atoms with Crippen molar-refractivity contribution in [1.82, 2.24) is 5.32 Å². The van der Waals surface area contributed by atoms with Gasteiger partial charge in [-0.15, -0.1) is 0 Å². The van der Waals surface area contributed by atoms with E-state index in [0.29, 0.717) is 0 Å². The minimum Gasteiger partial charge on any atom is -0.313 e. The Morgan fingerprint density at radius 2 is 1.84 bits per heavy atom. The molecule has 0 fully saturated rings. The molecular formula is C16H18ClNS. The van der Waals surface area contributed by atoms with Crippen LogP contribution in [0.25, 0.3) is 0 Å². The maximum Gasteiger partial charge on any atom is 0.0548 e. The van der Waals surface area contributed by atoms with Gasteiger partial charge in [-0.25, -0.2) is 0 Å². The van der Waals surface area contributed by atoms with Gasteiger partial charge in [0.05, 0.1) is 5.02 Å². The van der Waals surface area contributed by atoms with E-state index in [1.165, 1.54) is 10.5 Å². The summed E-state index contributed by atoms with van der Waals surface area (Å²) in [6, 6.07) is 16.5. The lowest BCUT2D eigenvalue weighted by Gasteiger charge is -2.11. The van der Waals surface area contributed by atoms with Crippen molar-refractivity contribution in [3.63, 3.8) is 0 Å². The van der Waals surface area contributed by atoms with Gasteiger partial charge in [-0.2, -0.15) is 0 Å². The summed E-state index contributed by atoms with van der Waals surface area (Å²) in [5, 5.41) is 4.26. The van der Waals surface area contributed by atoms with Crippen LogP contribution in [-0.4, -0.2) is 6.54 Å². The van der Waals surface area contributed by atoms with Gasteiger partial charge >= 0.3 is 0 Å². The maximum atomic E-state index is 6.34. The number of nitrogens with one attached hydrogen (secondary N) is 1. The Balaban J connectivity index is 2.18. The number of rotatable bonds is 6. The van der Waals surface area contributed by atoms with Crippen LogP contribution in [0.4, 0.5) is 0 Å². The third kappa shape index (κ3) is 4.27. The van der Waals surface area contributed by atoms with E-state index in [4.69, 9.17) is 11.6 Å². The van der Waals surface area contributed by atoms with Gasteiger partial charge in [-0.1, -0.05) is 60.6 Å². The number of hydrogen-bond acceptors (Lipinski definition) is 2. The summed E-state index contributed by atoms with van der Waals surface area (Å²) in [5.41, 5.74) is 1.26. The van der Waals surface area contributed by atoms with E-state index in [0.717, 1.165) is 29.4 Å². The van der Waals surface area contributed by atoms with Crippen LogP contribution in [0.1, 0.15) is 18.9 Å². The van der Waals surface area contributed by atoms with Crippen LogP contribution in [0.3, 0.4) is 0 Å². The molecular weight excluding hydrogens is 274 g/mol. The Morgan fingerprint density at radius 3 is 2.58 bits per heavy atom. The zero-order chi connectivity index (χ0) is 13.5. The van der Waals surface area contributed by atoms with Crippen molar-refractivity contribution in [3.05, 3.63) is 59.1 Å². The van der Waals surface area contributed by atoms with Crippen LogP contribution in [-0.2, 0) is 6.54 Å². The van der Waals surface area contributed by atoms with Crippen LogP contribution < -0.4 is 5.32 Å². The first-order chi connectivity index (χ1) is 9.31. The number of benzene rings is 2. The van der Waals surface area contributed by atoms with E-state index in [2.05, 4.69) is 30.4 Å². The fraction of sp³-hybridized carbons (Fsp3) is 0.250. The SMILES string of the molecule is CCCNCc1cccc(Cl)c1Sc1ccccc1. The second-order valence-electron chi connectivity index (χ2n) is 4.32. The zero-order valence-corrected chi connectivity index (χ0v) is 12.6. The molecule has 0 saturated heterocycles. The molecule has 0 atom stereocenters. The van der Waals surface area contributed by atoms with Crippen LogP contribution in [0.15, 0.2) is 58.3 Å². The van der Waals surface area contributed by atoms with E-state index in [1.54, 1.807) is 11.8 Å². The first-order valence-corrected chi connectivity index (χ1v) is 7.71. The van der Waals surface area contributed by atoms with Crippen molar-refractivity contribution in [2.24, 2.45) is 0 Å².